The van der Waals surface area contributed by atoms with Gasteiger partial charge in [-0.15, -0.1) is 5.10 Å². The maximum absolute atomic E-state index is 10.9. The predicted molar refractivity (Wildman–Crippen MR) is 103 cm³/mol. The van der Waals surface area contributed by atoms with Crippen LogP contribution in [-0.4, -0.2) is 16.3 Å². The molecule has 0 radical (unpaired) electrons. The number of nitro benzene ring substituents is 1. The molecular weight excluding hydrogens is 427 g/mol. The average molecular weight is 440 g/mol. The van der Waals surface area contributed by atoms with Crippen LogP contribution in [0.5, 0.6) is 0 Å². The number of thioether (sulfide) groups is 1. The van der Waals surface area contributed by atoms with Gasteiger partial charge in [-0.1, -0.05) is 54.2 Å². The van der Waals surface area contributed by atoms with Gasteiger partial charge in [0.15, 0.2) is 5.17 Å². The molecule has 6 nitrogen and oxygen atoms in total. The lowest BCUT2D eigenvalue weighted by Crippen LogP contribution is -2.06. The highest BCUT2D eigenvalue weighted by Gasteiger charge is 2.13. The average Bonchev–Trinajstić information content (AvgIpc) is 2.55. The summed E-state index contributed by atoms with van der Waals surface area (Å²) in [4.78, 5) is 10.5. The van der Waals surface area contributed by atoms with Crippen molar-refractivity contribution in [2.24, 2.45) is 15.9 Å². The van der Waals surface area contributed by atoms with Crippen molar-refractivity contribution >= 4 is 51.4 Å². The summed E-state index contributed by atoms with van der Waals surface area (Å²) >= 11 is 3.30. The van der Waals surface area contributed by atoms with Crippen LogP contribution in [0.25, 0.3) is 0 Å². The van der Waals surface area contributed by atoms with Crippen LogP contribution < -0.4 is 5.73 Å². The highest BCUT2D eigenvalue weighted by atomic mass is 127. The summed E-state index contributed by atoms with van der Waals surface area (Å²) in [6.07, 6.45) is 1.46. The highest BCUT2D eigenvalue weighted by Crippen LogP contribution is 2.23. The van der Waals surface area contributed by atoms with Gasteiger partial charge in [0.1, 0.15) is 0 Å². The number of benzene rings is 2. The first-order valence-corrected chi connectivity index (χ1v) is 8.60. The Balaban J connectivity index is 2.00. The second kappa shape index (κ2) is 8.63. The molecule has 2 aromatic rings. The molecule has 0 aromatic heterocycles. The van der Waals surface area contributed by atoms with Gasteiger partial charge in [0.25, 0.3) is 5.69 Å². The maximum atomic E-state index is 10.9. The lowest BCUT2D eigenvalue weighted by Gasteiger charge is -2.00. The van der Waals surface area contributed by atoms with E-state index in [0.717, 1.165) is 5.56 Å². The van der Waals surface area contributed by atoms with E-state index in [-0.39, 0.29) is 5.69 Å². The molecule has 0 aliphatic heterocycles. The van der Waals surface area contributed by atoms with E-state index >= 15 is 0 Å². The molecule has 2 aromatic carbocycles. The van der Waals surface area contributed by atoms with E-state index in [1.165, 1.54) is 24.0 Å². The molecular formula is C15H13IN4O2S. The quantitative estimate of drug-likeness (QED) is 0.252. The maximum Gasteiger partial charge on any atom is 0.283 e. The molecule has 2 rings (SSSR count). The molecule has 0 aliphatic rings. The van der Waals surface area contributed by atoms with Crippen LogP contribution in [0.4, 0.5) is 5.69 Å². The Morgan fingerprint density at radius 2 is 2.00 bits per heavy atom. The van der Waals surface area contributed by atoms with Gasteiger partial charge in [-0.25, -0.2) is 0 Å². The third-order valence-corrected chi connectivity index (χ3v) is 4.82. The number of nitrogens with zero attached hydrogens (tertiary/aromatic N) is 3. The molecule has 0 aliphatic carbocycles. The van der Waals surface area contributed by atoms with E-state index in [1.807, 2.05) is 52.9 Å². The normalized spacial score (nSPS) is 11.8. The first-order valence-electron chi connectivity index (χ1n) is 6.54. The second-order valence-corrected chi connectivity index (χ2v) is 6.47. The topological polar surface area (TPSA) is 93.9 Å². The van der Waals surface area contributed by atoms with Gasteiger partial charge < -0.3 is 5.73 Å². The Kier molecular flexibility index (Phi) is 6.53. The van der Waals surface area contributed by atoms with E-state index in [2.05, 4.69) is 10.2 Å². The Hall–Kier alpha value is -1.94. The molecule has 2 N–H and O–H groups in total. The summed E-state index contributed by atoms with van der Waals surface area (Å²) in [6, 6.07) is 14.7. The van der Waals surface area contributed by atoms with Crippen molar-refractivity contribution in [3.63, 3.8) is 0 Å². The standard InChI is InChI=1S/C15H13IN4O2S/c16-14-12(7-4-8-13(14)20(21)22)9-18-19-15(17)23-10-11-5-2-1-3-6-11/h1-9H,10H2,(H2,17,19). The third-order valence-electron chi connectivity index (χ3n) is 2.79. The zero-order valence-corrected chi connectivity index (χ0v) is 14.9. The molecule has 0 saturated carbocycles. The largest absolute Gasteiger partial charge is 0.377 e. The third kappa shape index (κ3) is 5.32. The highest BCUT2D eigenvalue weighted by molar-refractivity contribution is 14.1. The van der Waals surface area contributed by atoms with Crippen molar-refractivity contribution in [2.45, 2.75) is 5.75 Å². The Labute approximate surface area is 151 Å². The van der Waals surface area contributed by atoms with Crippen molar-refractivity contribution in [3.05, 3.63) is 73.3 Å². The summed E-state index contributed by atoms with van der Waals surface area (Å²) in [5.74, 6) is 0.708. The van der Waals surface area contributed by atoms with E-state index in [0.29, 0.717) is 20.1 Å². The zero-order chi connectivity index (χ0) is 16.7. The molecule has 8 heteroatoms. The van der Waals surface area contributed by atoms with Crippen LogP contribution in [0.15, 0.2) is 58.7 Å². The van der Waals surface area contributed by atoms with E-state index in [4.69, 9.17) is 5.73 Å². The fraction of sp³-hybridized carbons (Fsp3) is 0.0667. The molecule has 118 valence electrons. The molecule has 0 saturated heterocycles. The minimum Gasteiger partial charge on any atom is -0.377 e. The van der Waals surface area contributed by atoms with Crippen LogP contribution in [0.1, 0.15) is 11.1 Å². The predicted octanol–water partition coefficient (Wildman–Crippen LogP) is 3.78. The molecule has 0 unspecified atom stereocenters. The monoisotopic (exact) mass is 440 g/mol. The lowest BCUT2D eigenvalue weighted by molar-refractivity contribution is -0.385. The number of amidine groups is 1. The Morgan fingerprint density at radius 3 is 2.70 bits per heavy atom. The van der Waals surface area contributed by atoms with Crippen molar-refractivity contribution in [1.82, 2.24) is 0 Å². The van der Waals surface area contributed by atoms with Gasteiger partial charge in [0.2, 0.25) is 0 Å². The van der Waals surface area contributed by atoms with Gasteiger partial charge >= 0.3 is 0 Å². The van der Waals surface area contributed by atoms with Crippen LogP contribution in [-0.2, 0) is 5.75 Å². The first-order chi connectivity index (χ1) is 11.1. The van der Waals surface area contributed by atoms with E-state index in [9.17, 15) is 10.1 Å². The number of hydrogen-bond acceptors (Lipinski definition) is 5. The smallest absolute Gasteiger partial charge is 0.283 e. The molecule has 0 amide bonds. The summed E-state index contributed by atoms with van der Waals surface area (Å²) in [6.45, 7) is 0. The summed E-state index contributed by atoms with van der Waals surface area (Å²) in [5, 5.41) is 19.0. The second-order valence-electron chi connectivity index (χ2n) is 4.39. The van der Waals surface area contributed by atoms with Crippen LogP contribution in [0.2, 0.25) is 0 Å². The molecule has 0 spiro atoms. The summed E-state index contributed by atoms with van der Waals surface area (Å²) in [7, 11) is 0. The van der Waals surface area contributed by atoms with Crippen LogP contribution in [0.3, 0.4) is 0 Å². The minimum atomic E-state index is -0.424. The number of hydrogen-bond donors (Lipinski definition) is 1. The summed E-state index contributed by atoms with van der Waals surface area (Å²) in [5.41, 5.74) is 7.61. The molecule has 0 fully saturated rings. The van der Waals surface area contributed by atoms with Crippen LogP contribution in [0, 0.1) is 13.7 Å². The van der Waals surface area contributed by atoms with Gasteiger partial charge in [-0.05, 0) is 28.2 Å². The lowest BCUT2D eigenvalue weighted by atomic mass is 10.2. The van der Waals surface area contributed by atoms with Gasteiger partial charge in [-0.2, -0.15) is 5.10 Å². The molecule has 23 heavy (non-hydrogen) atoms. The van der Waals surface area contributed by atoms with Crippen molar-refractivity contribution in [1.29, 1.82) is 0 Å². The number of nitro groups is 1. The van der Waals surface area contributed by atoms with Gasteiger partial charge in [-0.3, -0.25) is 10.1 Å². The molecule has 0 heterocycles. The van der Waals surface area contributed by atoms with E-state index in [1.54, 1.807) is 12.1 Å². The Morgan fingerprint density at radius 1 is 1.26 bits per heavy atom. The fourth-order valence-electron chi connectivity index (χ4n) is 1.69. The van der Waals surface area contributed by atoms with Crippen molar-refractivity contribution in [2.75, 3.05) is 0 Å². The van der Waals surface area contributed by atoms with Crippen LogP contribution >= 0.6 is 34.4 Å². The Bertz CT molecular complexity index is 750. The fourth-order valence-corrected chi connectivity index (χ4v) is 2.99. The molecule has 0 bridgehead atoms. The van der Waals surface area contributed by atoms with Crippen molar-refractivity contribution in [3.8, 4) is 0 Å². The SMILES string of the molecule is NC(=NN=Cc1cccc([N+](=O)[O-])c1I)SCc1ccccc1. The first kappa shape index (κ1) is 17.4. The number of rotatable bonds is 5. The summed E-state index contributed by atoms with van der Waals surface area (Å²) < 4.78 is 0.518. The van der Waals surface area contributed by atoms with Crippen molar-refractivity contribution < 1.29 is 4.92 Å². The van der Waals surface area contributed by atoms with Gasteiger partial charge in [0, 0.05) is 17.4 Å². The van der Waals surface area contributed by atoms with Gasteiger partial charge in [0.05, 0.1) is 14.7 Å². The molecule has 0 atom stereocenters. The number of nitrogens with two attached hydrogens (primary N) is 1. The minimum absolute atomic E-state index is 0.0463. The van der Waals surface area contributed by atoms with E-state index < -0.39 is 4.92 Å². The number of halogens is 1. The zero-order valence-electron chi connectivity index (χ0n) is 11.9.